The molecule has 1 aromatic rings. The molecule has 0 saturated carbocycles. The van der Waals surface area contributed by atoms with Crippen LogP contribution in [0.4, 0.5) is 4.39 Å². The number of carbonyl (C=O) groups excluding carboxylic acids is 1. The van der Waals surface area contributed by atoms with Crippen molar-refractivity contribution >= 4 is 24.7 Å². The van der Waals surface area contributed by atoms with Gasteiger partial charge in [-0.05, 0) is 17.6 Å². The molecule has 0 bridgehead atoms. The molecule has 2 rings (SSSR count). The molecule has 1 aromatic carbocycles. The second-order valence-electron chi connectivity index (χ2n) is 2.90. The molecular formula is C8H5BFNO3. The molecular weight excluding hydrogens is 188 g/mol. The van der Waals surface area contributed by atoms with Crippen molar-refractivity contribution in [3.63, 3.8) is 0 Å². The molecule has 0 atom stereocenters. The Bertz CT molecular complexity index is 444. The highest BCUT2D eigenvalue weighted by Crippen LogP contribution is 2.14. The standard InChI is InChI=1S/C8H5BFNO3/c10-5-1-4-3-11-8(12)7(4)6(2-5)9(13)14/h1-3,13-14H. The van der Waals surface area contributed by atoms with Crippen molar-refractivity contribution < 1.29 is 19.2 Å². The fourth-order valence-corrected chi connectivity index (χ4v) is 1.39. The molecule has 1 amide bonds. The maximum Gasteiger partial charge on any atom is 0.489 e. The van der Waals surface area contributed by atoms with Gasteiger partial charge in [-0.1, -0.05) is 0 Å². The molecule has 14 heavy (non-hydrogen) atoms. The summed E-state index contributed by atoms with van der Waals surface area (Å²) in [6.07, 6.45) is 1.20. The van der Waals surface area contributed by atoms with Crippen LogP contribution in [0.25, 0.3) is 0 Å². The lowest BCUT2D eigenvalue weighted by Crippen LogP contribution is -2.34. The fourth-order valence-electron chi connectivity index (χ4n) is 1.39. The number of fused-ring (bicyclic) bond motifs is 1. The van der Waals surface area contributed by atoms with E-state index in [4.69, 9.17) is 10.0 Å². The Kier molecular flexibility index (Phi) is 1.94. The molecule has 1 heterocycles. The number of amides is 1. The topological polar surface area (TPSA) is 69.9 Å². The summed E-state index contributed by atoms with van der Waals surface area (Å²) >= 11 is 0. The first-order valence-corrected chi connectivity index (χ1v) is 3.87. The summed E-state index contributed by atoms with van der Waals surface area (Å²) in [6.45, 7) is 0. The van der Waals surface area contributed by atoms with Gasteiger partial charge in [0.15, 0.2) is 0 Å². The second-order valence-corrected chi connectivity index (χ2v) is 2.90. The van der Waals surface area contributed by atoms with E-state index in [-0.39, 0.29) is 16.6 Å². The van der Waals surface area contributed by atoms with E-state index in [9.17, 15) is 9.18 Å². The van der Waals surface area contributed by atoms with Crippen LogP contribution in [0.2, 0.25) is 0 Å². The Morgan fingerprint density at radius 2 is 2.07 bits per heavy atom. The summed E-state index contributed by atoms with van der Waals surface area (Å²) in [5.41, 5.74) is 0.182. The Morgan fingerprint density at radius 3 is 2.71 bits per heavy atom. The van der Waals surface area contributed by atoms with Crippen molar-refractivity contribution in [3.8, 4) is 0 Å². The largest absolute Gasteiger partial charge is 0.489 e. The number of hydrogen-bond donors (Lipinski definition) is 2. The Hall–Kier alpha value is -1.53. The number of nitrogens with zero attached hydrogens (tertiary/aromatic N) is 1. The lowest BCUT2D eigenvalue weighted by Gasteiger charge is -2.05. The predicted molar refractivity (Wildman–Crippen MR) is 48.2 cm³/mol. The molecule has 0 spiro atoms. The minimum atomic E-state index is -1.87. The highest BCUT2D eigenvalue weighted by Gasteiger charge is 2.26. The lowest BCUT2D eigenvalue weighted by atomic mass is 9.76. The molecule has 4 nitrogen and oxygen atoms in total. The van der Waals surface area contributed by atoms with Crippen LogP contribution in [0.3, 0.4) is 0 Å². The van der Waals surface area contributed by atoms with E-state index < -0.39 is 18.8 Å². The van der Waals surface area contributed by atoms with E-state index in [1.807, 2.05) is 0 Å². The van der Waals surface area contributed by atoms with Crippen molar-refractivity contribution in [2.24, 2.45) is 4.99 Å². The van der Waals surface area contributed by atoms with E-state index in [1.54, 1.807) is 0 Å². The number of halogens is 1. The van der Waals surface area contributed by atoms with Gasteiger partial charge in [0.25, 0.3) is 5.91 Å². The number of hydrogen-bond acceptors (Lipinski definition) is 3. The quantitative estimate of drug-likeness (QED) is 0.566. The van der Waals surface area contributed by atoms with Crippen LogP contribution in [0, 0.1) is 5.82 Å². The van der Waals surface area contributed by atoms with Crippen LogP contribution in [-0.2, 0) is 0 Å². The molecule has 70 valence electrons. The minimum Gasteiger partial charge on any atom is -0.423 e. The van der Waals surface area contributed by atoms with Crippen LogP contribution < -0.4 is 5.46 Å². The van der Waals surface area contributed by atoms with Crippen LogP contribution in [0.1, 0.15) is 15.9 Å². The monoisotopic (exact) mass is 193 g/mol. The summed E-state index contributed by atoms with van der Waals surface area (Å²) in [4.78, 5) is 14.6. The first kappa shape index (κ1) is 9.05. The molecule has 0 radical (unpaired) electrons. The summed E-state index contributed by atoms with van der Waals surface area (Å²) in [6, 6.07) is 2.03. The third-order valence-corrected chi connectivity index (χ3v) is 1.98. The molecule has 0 unspecified atom stereocenters. The third kappa shape index (κ3) is 1.25. The third-order valence-electron chi connectivity index (χ3n) is 1.98. The molecule has 2 N–H and O–H groups in total. The van der Waals surface area contributed by atoms with Crippen molar-refractivity contribution in [1.82, 2.24) is 0 Å². The maximum absolute atomic E-state index is 12.9. The molecule has 0 aliphatic carbocycles. The van der Waals surface area contributed by atoms with Gasteiger partial charge in [-0.2, -0.15) is 0 Å². The second kappa shape index (κ2) is 3.00. The fraction of sp³-hybridized carbons (Fsp3) is 0. The summed E-state index contributed by atoms with van der Waals surface area (Å²) in [5, 5.41) is 17.8. The molecule has 6 heteroatoms. The average Bonchev–Trinajstić information content (AvgIpc) is 2.46. The number of carbonyl (C=O) groups is 1. The SMILES string of the molecule is O=C1N=Cc2cc(F)cc(B(O)O)c21. The molecule has 1 aliphatic rings. The number of benzene rings is 1. The van der Waals surface area contributed by atoms with Crippen LogP contribution in [0.15, 0.2) is 17.1 Å². The Labute approximate surface area is 78.9 Å². The molecule has 0 saturated heterocycles. The van der Waals surface area contributed by atoms with Crippen molar-refractivity contribution in [2.75, 3.05) is 0 Å². The minimum absolute atomic E-state index is 0.0569. The zero-order chi connectivity index (χ0) is 10.3. The molecule has 1 aliphatic heterocycles. The van der Waals surface area contributed by atoms with Gasteiger partial charge < -0.3 is 10.0 Å². The number of aliphatic imine (C=N–C) groups is 1. The molecule has 0 fully saturated rings. The lowest BCUT2D eigenvalue weighted by molar-refractivity contribution is 0.101. The van der Waals surface area contributed by atoms with E-state index in [2.05, 4.69) is 4.99 Å². The first-order chi connectivity index (χ1) is 6.59. The highest BCUT2D eigenvalue weighted by atomic mass is 19.1. The highest BCUT2D eigenvalue weighted by molar-refractivity contribution is 6.61. The van der Waals surface area contributed by atoms with Gasteiger partial charge in [-0.25, -0.2) is 9.38 Å². The van der Waals surface area contributed by atoms with Crippen LogP contribution >= 0.6 is 0 Å². The van der Waals surface area contributed by atoms with Crippen molar-refractivity contribution in [1.29, 1.82) is 0 Å². The van der Waals surface area contributed by atoms with Crippen LogP contribution in [0.5, 0.6) is 0 Å². The predicted octanol–water partition coefficient (Wildman–Crippen LogP) is -0.922. The van der Waals surface area contributed by atoms with Crippen molar-refractivity contribution in [2.45, 2.75) is 0 Å². The van der Waals surface area contributed by atoms with Gasteiger partial charge in [-0.3, -0.25) is 4.79 Å². The normalized spacial score (nSPS) is 13.2. The van der Waals surface area contributed by atoms with Gasteiger partial charge in [-0.15, -0.1) is 0 Å². The van der Waals surface area contributed by atoms with Crippen molar-refractivity contribution in [3.05, 3.63) is 29.1 Å². The maximum atomic E-state index is 12.9. The van der Waals surface area contributed by atoms with Gasteiger partial charge in [0.05, 0.1) is 5.56 Å². The van der Waals surface area contributed by atoms with Gasteiger partial charge >= 0.3 is 7.12 Å². The van der Waals surface area contributed by atoms with Gasteiger partial charge in [0.2, 0.25) is 0 Å². The summed E-state index contributed by atoms with van der Waals surface area (Å²) in [5.74, 6) is -1.21. The van der Waals surface area contributed by atoms with Crippen LogP contribution in [-0.4, -0.2) is 29.3 Å². The Morgan fingerprint density at radius 1 is 1.36 bits per heavy atom. The van der Waals surface area contributed by atoms with Gasteiger partial charge in [0.1, 0.15) is 5.82 Å². The van der Waals surface area contributed by atoms with E-state index in [0.717, 1.165) is 12.1 Å². The summed E-state index contributed by atoms with van der Waals surface area (Å²) in [7, 11) is -1.87. The zero-order valence-electron chi connectivity index (χ0n) is 6.94. The number of rotatable bonds is 1. The van der Waals surface area contributed by atoms with E-state index >= 15 is 0 Å². The molecule has 0 aromatic heterocycles. The summed E-state index contributed by atoms with van der Waals surface area (Å²) < 4.78 is 12.9. The van der Waals surface area contributed by atoms with Gasteiger partial charge in [0, 0.05) is 11.8 Å². The average molecular weight is 193 g/mol. The van der Waals surface area contributed by atoms with E-state index in [1.165, 1.54) is 6.21 Å². The van der Waals surface area contributed by atoms with E-state index in [0.29, 0.717) is 0 Å². The Balaban J connectivity index is 2.69. The smallest absolute Gasteiger partial charge is 0.423 e. The zero-order valence-corrected chi connectivity index (χ0v) is 6.94. The first-order valence-electron chi connectivity index (χ1n) is 3.87.